The molecule has 19 heavy (non-hydrogen) atoms. The van der Waals surface area contributed by atoms with Gasteiger partial charge in [0, 0.05) is 18.7 Å². The van der Waals surface area contributed by atoms with Gasteiger partial charge in [0.2, 0.25) is 0 Å². The van der Waals surface area contributed by atoms with E-state index in [9.17, 15) is 9.50 Å². The van der Waals surface area contributed by atoms with Gasteiger partial charge in [-0.15, -0.1) is 0 Å². The third-order valence-electron chi connectivity index (χ3n) is 3.07. The summed E-state index contributed by atoms with van der Waals surface area (Å²) in [4.78, 5) is 1.91. The molecule has 2 rings (SSSR count). The van der Waals surface area contributed by atoms with Gasteiger partial charge >= 0.3 is 0 Å². The summed E-state index contributed by atoms with van der Waals surface area (Å²) in [6.07, 6.45) is -0.557. The molecule has 0 heterocycles. The fraction of sp³-hybridized carbons (Fsp3) is 0.250. The Morgan fingerprint density at radius 2 is 1.68 bits per heavy atom. The molecule has 0 fully saturated rings. The Bertz CT molecular complexity index is 515. The molecule has 1 atom stereocenters. The van der Waals surface area contributed by atoms with Crippen LogP contribution in [0.3, 0.4) is 0 Å². The Morgan fingerprint density at radius 3 is 2.37 bits per heavy atom. The van der Waals surface area contributed by atoms with Crippen molar-refractivity contribution in [3.05, 3.63) is 71.5 Å². The molecule has 0 aliphatic heterocycles. The molecule has 0 saturated carbocycles. The van der Waals surface area contributed by atoms with Crippen molar-refractivity contribution in [3.63, 3.8) is 0 Å². The Morgan fingerprint density at radius 1 is 1.05 bits per heavy atom. The van der Waals surface area contributed by atoms with E-state index in [0.29, 0.717) is 18.7 Å². The van der Waals surface area contributed by atoms with E-state index >= 15 is 0 Å². The highest BCUT2D eigenvalue weighted by atomic mass is 19.1. The van der Waals surface area contributed by atoms with Crippen molar-refractivity contribution in [2.24, 2.45) is 0 Å². The normalized spacial score (nSPS) is 12.6. The summed E-state index contributed by atoms with van der Waals surface area (Å²) in [6, 6.07) is 16.2. The average Bonchev–Trinajstić information content (AvgIpc) is 2.42. The molecule has 0 aliphatic carbocycles. The number of benzene rings is 2. The van der Waals surface area contributed by atoms with E-state index in [2.05, 4.69) is 0 Å². The summed E-state index contributed by atoms with van der Waals surface area (Å²) in [5.74, 6) is -0.205. The van der Waals surface area contributed by atoms with Crippen LogP contribution in [0.4, 0.5) is 4.39 Å². The largest absolute Gasteiger partial charge is 0.387 e. The molecule has 2 nitrogen and oxygen atoms in total. The van der Waals surface area contributed by atoms with Gasteiger partial charge in [0.25, 0.3) is 0 Å². The average molecular weight is 259 g/mol. The first-order chi connectivity index (χ1) is 9.16. The molecule has 0 bridgehead atoms. The topological polar surface area (TPSA) is 23.5 Å². The van der Waals surface area contributed by atoms with Crippen LogP contribution in [0.15, 0.2) is 54.6 Å². The lowest BCUT2D eigenvalue weighted by atomic mass is 10.1. The Kier molecular flexibility index (Phi) is 4.66. The number of hydrogen-bond acceptors (Lipinski definition) is 2. The van der Waals surface area contributed by atoms with Crippen LogP contribution < -0.4 is 0 Å². The van der Waals surface area contributed by atoms with Crippen LogP contribution in [0, 0.1) is 5.82 Å². The monoisotopic (exact) mass is 259 g/mol. The molecule has 0 radical (unpaired) electrons. The quantitative estimate of drug-likeness (QED) is 0.892. The summed E-state index contributed by atoms with van der Waals surface area (Å²) in [5, 5.41) is 10.1. The minimum absolute atomic E-state index is 0.205. The zero-order valence-electron chi connectivity index (χ0n) is 11.0. The maximum Gasteiger partial charge on any atom is 0.127 e. The van der Waals surface area contributed by atoms with Crippen LogP contribution in [0.5, 0.6) is 0 Å². The molecule has 100 valence electrons. The van der Waals surface area contributed by atoms with E-state index < -0.39 is 6.10 Å². The fourth-order valence-electron chi connectivity index (χ4n) is 2.06. The molecular formula is C16H18FNO. The minimum atomic E-state index is -0.557. The first-order valence-corrected chi connectivity index (χ1v) is 6.32. The number of rotatable bonds is 5. The van der Waals surface area contributed by atoms with Crippen LogP contribution in [-0.4, -0.2) is 23.6 Å². The van der Waals surface area contributed by atoms with E-state index in [1.807, 2.05) is 48.3 Å². The number of aliphatic hydroxyl groups is 1. The number of nitrogens with zero attached hydrogens (tertiary/aromatic N) is 1. The summed E-state index contributed by atoms with van der Waals surface area (Å²) in [7, 11) is 1.87. The number of likely N-dealkylation sites (N-methyl/N-ethyl adjacent to an activating group) is 1. The van der Waals surface area contributed by atoms with Crippen LogP contribution in [0.25, 0.3) is 0 Å². The SMILES string of the molecule is CN(Cc1ccccc1F)C[C@H](O)c1ccccc1. The zero-order valence-corrected chi connectivity index (χ0v) is 11.0. The molecule has 1 N–H and O–H groups in total. The van der Waals surface area contributed by atoms with Crippen molar-refractivity contribution < 1.29 is 9.50 Å². The van der Waals surface area contributed by atoms with Crippen molar-refractivity contribution in [2.45, 2.75) is 12.6 Å². The second kappa shape index (κ2) is 6.45. The lowest BCUT2D eigenvalue weighted by Crippen LogP contribution is -2.24. The lowest BCUT2D eigenvalue weighted by molar-refractivity contribution is 0.123. The van der Waals surface area contributed by atoms with Crippen LogP contribution in [0.1, 0.15) is 17.2 Å². The van der Waals surface area contributed by atoms with Crippen molar-refractivity contribution in [3.8, 4) is 0 Å². The highest BCUT2D eigenvalue weighted by Gasteiger charge is 2.11. The van der Waals surface area contributed by atoms with Gasteiger partial charge in [0.05, 0.1) is 6.10 Å². The number of halogens is 1. The second-order valence-corrected chi connectivity index (χ2v) is 4.71. The van der Waals surface area contributed by atoms with Gasteiger partial charge in [-0.05, 0) is 18.7 Å². The highest BCUT2D eigenvalue weighted by molar-refractivity contribution is 5.19. The van der Waals surface area contributed by atoms with Gasteiger partial charge in [0.15, 0.2) is 0 Å². The molecule has 0 saturated heterocycles. The molecular weight excluding hydrogens is 241 g/mol. The first kappa shape index (κ1) is 13.7. The molecule has 0 spiro atoms. The van der Waals surface area contributed by atoms with E-state index in [0.717, 1.165) is 5.56 Å². The molecule has 0 aliphatic rings. The van der Waals surface area contributed by atoms with Gasteiger partial charge < -0.3 is 5.11 Å². The highest BCUT2D eigenvalue weighted by Crippen LogP contribution is 2.15. The molecule has 0 amide bonds. The minimum Gasteiger partial charge on any atom is -0.387 e. The first-order valence-electron chi connectivity index (χ1n) is 6.32. The summed E-state index contributed by atoms with van der Waals surface area (Å²) >= 11 is 0. The van der Waals surface area contributed by atoms with Gasteiger partial charge in [-0.1, -0.05) is 48.5 Å². The van der Waals surface area contributed by atoms with Crippen LogP contribution in [-0.2, 0) is 6.54 Å². The van der Waals surface area contributed by atoms with Gasteiger partial charge in [-0.25, -0.2) is 4.39 Å². The molecule has 3 heteroatoms. The summed E-state index contributed by atoms with van der Waals surface area (Å²) < 4.78 is 13.5. The molecule has 0 unspecified atom stereocenters. The van der Waals surface area contributed by atoms with Gasteiger partial charge in [-0.2, -0.15) is 0 Å². The van der Waals surface area contributed by atoms with Gasteiger partial charge in [-0.3, -0.25) is 4.90 Å². The van der Waals surface area contributed by atoms with Crippen LogP contribution >= 0.6 is 0 Å². The van der Waals surface area contributed by atoms with Crippen molar-refractivity contribution in [1.29, 1.82) is 0 Å². The van der Waals surface area contributed by atoms with Crippen molar-refractivity contribution >= 4 is 0 Å². The van der Waals surface area contributed by atoms with E-state index in [1.54, 1.807) is 12.1 Å². The second-order valence-electron chi connectivity index (χ2n) is 4.71. The number of aliphatic hydroxyl groups excluding tert-OH is 1. The Balaban J connectivity index is 1.95. The third kappa shape index (κ3) is 3.88. The summed E-state index contributed by atoms with van der Waals surface area (Å²) in [5.41, 5.74) is 1.52. The number of hydrogen-bond donors (Lipinski definition) is 1. The zero-order chi connectivity index (χ0) is 13.7. The fourth-order valence-corrected chi connectivity index (χ4v) is 2.06. The lowest BCUT2D eigenvalue weighted by Gasteiger charge is -2.21. The molecule has 2 aromatic carbocycles. The Hall–Kier alpha value is -1.71. The predicted octanol–water partition coefficient (Wildman–Crippen LogP) is 2.99. The van der Waals surface area contributed by atoms with E-state index in [1.165, 1.54) is 6.07 Å². The summed E-state index contributed by atoms with van der Waals surface area (Å²) in [6.45, 7) is 0.953. The maximum absolute atomic E-state index is 13.5. The maximum atomic E-state index is 13.5. The van der Waals surface area contributed by atoms with Gasteiger partial charge in [0.1, 0.15) is 5.82 Å². The van der Waals surface area contributed by atoms with Crippen molar-refractivity contribution in [1.82, 2.24) is 4.90 Å². The van der Waals surface area contributed by atoms with Crippen molar-refractivity contribution in [2.75, 3.05) is 13.6 Å². The smallest absolute Gasteiger partial charge is 0.127 e. The molecule has 2 aromatic rings. The standard InChI is InChI=1S/C16H18FNO/c1-18(11-14-9-5-6-10-15(14)17)12-16(19)13-7-3-2-4-8-13/h2-10,16,19H,11-12H2,1H3/t16-/m0/s1. The third-order valence-corrected chi connectivity index (χ3v) is 3.07. The Labute approximate surface area is 113 Å². The predicted molar refractivity (Wildman–Crippen MR) is 74.1 cm³/mol. The van der Waals surface area contributed by atoms with E-state index in [-0.39, 0.29) is 5.82 Å². The van der Waals surface area contributed by atoms with Crippen LogP contribution in [0.2, 0.25) is 0 Å². The molecule has 0 aromatic heterocycles. The van der Waals surface area contributed by atoms with E-state index in [4.69, 9.17) is 0 Å².